The Morgan fingerprint density at radius 2 is 2.00 bits per heavy atom. The van der Waals surface area contributed by atoms with Crippen molar-refractivity contribution in [2.24, 2.45) is 5.92 Å². The summed E-state index contributed by atoms with van der Waals surface area (Å²) in [7, 11) is 0. The van der Waals surface area contributed by atoms with E-state index in [1.807, 2.05) is 0 Å². The van der Waals surface area contributed by atoms with E-state index in [1.54, 1.807) is 16.7 Å². The Labute approximate surface area is 156 Å². The SMILES string of the molecule is Cc1cc(=O)c(C(=O)N2C[C@H]3CC[C@@H]2CN(C(=O)c2cnccn2)C3)c[nH]1. The smallest absolute Gasteiger partial charge is 0.274 e. The van der Waals surface area contributed by atoms with Gasteiger partial charge in [-0.15, -0.1) is 0 Å². The van der Waals surface area contributed by atoms with Crippen LogP contribution in [0.25, 0.3) is 0 Å². The Balaban J connectivity index is 1.57. The van der Waals surface area contributed by atoms with Crippen LogP contribution in [0.1, 0.15) is 39.4 Å². The maximum atomic E-state index is 13.0. The predicted molar refractivity (Wildman–Crippen MR) is 97.3 cm³/mol. The summed E-state index contributed by atoms with van der Waals surface area (Å²) in [5.74, 6) is -0.236. The summed E-state index contributed by atoms with van der Waals surface area (Å²) in [6.45, 7) is 3.36. The number of aromatic nitrogens is 3. The van der Waals surface area contributed by atoms with Gasteiger partial charge in [-0.25, -0.2) is 4.98 Å². The standard InChI is InChI=1S/C19H21N5O3/c1-12-6-17(25)15(7-22-12)18(26)24-10-13-2-3-14(24)11-23(9-13)19(27)16-8-20-4-5-21-16/h4-8,13-14H,2-3,9-11H2,1H3,(H,22,25)/t13-,14+/m0/s1. The lowest BCUT2D eigenvalue weighted by Crippen LogP contribution is -2.48. The molecule has 2 amide bonds. The number of aromatic amines is 1. The molecule has 5 rings (SSSR count). The van der Waals surface area contributed by atoms with Crippen molar-refractivity contribution in [2.45, 2.75) is 25.8 Å². The minimum atomic E-state index is -0.274. The fraction of sp³-hybridized carbons (Fsp3) is 0.421. The summed E-state index contributed by atoms with van der Waals surface area (Å²) < 4.78 is 0. The summed E-state index contributed by atoms with van der Waals surface area (Å²) in [4.78, 5) is 52.5. The Morgan fingerprint density at radius 3 is 2.74 bits per heavy atom. The van der Waals surface area contributed by atoms with Crippen LogP contribution >= 0.6 is 0 Å². The second-order valence-electron chi connectivity index (χ2n) is 7.25. The number of H-pyrrole nitrogens is 1. The first-order valence-electron chi connectivity index (χ1n) is 9.08. The van der Waals surface area contributed by atoms with Crippen LogP contribution in [-0.4, -0.2) is 62.2 Å². The average Bonchev–Trinajstić information content (AvgIpc) is 2.99. The molecule has 140 valence electrons. The molecule has 0 radical (unpaired) electrons. The second kappa shape index (κ2) is 6.94. The number of rotatable bonds is 2. The average molecular weight is 367 g/mol. The number of piperidine rings is 1. The van der Waals surface area contributed by atoms with Crippen molar-refractivity contribution < 1.29 is 9.59 Å². The van der Waals surface area contributed by atoms with Crippen molar-refractivity contribution in [3.63, 3.8) is 0 Å². The van der Waals surface area contributed by atoms with Gasteiger partial charge in [-0.1, -0.05) is 0 Å². The van der Waals surface area contributed by atoms with E-state index in [2.05, 4.69) is 15.0 Å². The second-order valence-corrected chi connectivity index (χ2v) is 7.25. The Bertz CT molecular complexity index is 926. The van der Waals surface area contributed by atoms with E-state index >= 15 is 0 Å². The van der Waals surface area contributed by atoms with Gasteiger partial charge in [0.1, 0.15) is 11.3 Å². The van der Waals surface area contributed by atoms with E-state index in [-0.39, 0.29) is 34.8 Å². The Hall–Kier alpha value is -3.03. The Morgan fingerprint density at radius 1 is 1.15 bits per heavy atom. The van der Waals surface area contributed by atoms with E-state index in [0.717, 1.165) is 18.5 Å². The largest absolute Gasteiger partial charge is 0.364 e. The quantitative estimate of drug-likeness (QED) is 0.848. The maximum Gasteiger partial charge on any atom is 0.274 e. The zero-order valence-electron chi connectivity index (χ0n) is 15.1. The summed E-state index contributed by atoms with van der Waals surface area (Å²) in [6, 6.07) is 1.34. The molecule has 5 heterocycles. The highest BCUT2D eigenvalue weighted by Gasteiger charge is 2.39. The zero-order chi connectivity index (χ0) is 19.0. The molecule has 2 atom stereocenters. The molecule has 8 nitrogen and oxygen atoms in total. The first-order chi connectivity index (χ1) is 13.0. The van der Waals surface area contributed by atoms with Gasteiger partial charge in [0.05, 0.1) is 6.20 Å². The predicted octanol–water partition coefficient (Wildman–Crippen LogP) is 0.850. The van der Waals surface area contributed by atoms with Gasteiger partial charge in [0.2, 0.25) is 0 Å². The fourth-order valence-corrected chi connectivity index (χ4v) is 3.96. The molecule has 0 unspecified atom stereocenters. The number of fused-ring (bicyclic) bond motifs is 4. The number of carbonyl (C=O) groups excluding carboxylic acids is 2. The molecule has 3 saturated heterocycles. The molecule has 27 heavy (non-hydrogen) atoms. The summed E-state index contributed by atoms with van der Waals surface area (Å²) in [5.41, 5.74) is 0.908. The van der Waals surface area contributed by atoms with E-state index in [1.165, 1.54) is 30.9 Å². The number of hydrogen-bond acceptors (Lipinski definition) is 5. The monoisotopic (exact) mass is 367 g/mol. The van der Waals surface area contributed by atoms with E-state index in [9.17, 15) is 14.4 Å². The first-order valence-corrected chi connectivity index (χ1v) is 9.08. The molecule has 0 spiro atoms. The lowest BCUT2D eigenvalue weighted by atomic mass is 9.94. The number of amides is 2. The third-order valence-electron chi connectivity index (χ3n) is 5.33. The van der Waals surface area contributed by atoms with Gasteiger partial charge in [-0.2, -0.15) is 0 Å². The molecule has 3 aliphatic rings. The summed E-state index contributed by atoms with van der Waals surface area (Å²) in [6.07, 6.45) is 7.76. The van der Waals surface area contributed by atoms with Crippen LogP contribution in [0.3, 0.4) is 0 Å². The van der Waals surface area contributed by atoms with Gasteiger partial charge in [-0.3, -0.25) is 19.4 Å². The lowest BCUT2D eigenvalue weighted by Gasteiger charge is -2.35. The van der Waals surface area contributed by atoms with Gasteiger partial charge in [0.15, 0.2) is 5.43 Å². The molecule has 8 heteroatoms. The van der Waals surface area contributed by atoms with Crippen LogP contribution in [0.4, 0.5) is 0 Å². The minimum Gasteiger partial charge on any atom is -0.364 e. The summed E-state index contributed by atoms with van der Waals surface area (Å²) >= 11 is 0. The van der Waals surface area contributed by atoms with Crippen molar-refractivity contribution in [3.05, 3.63) is 58.0 Å². The van der Waals surface area contributed by atoms with Crippen LogP contribution in [0, 0.1) is 12.8 Å². The fourth-order valence-electron chi connectivity index (χ4n) is 3.96. The number of aryl methyl sites for hydroxylation is 1. The van der Waals surface area contributed by atoms with Gasteiger partial charge in [0.25, 0.3) is 11.8 Å². The number of nitrogens with zero attached hydrogens (tertiary/aromatic N) is 4. The topological polar surface area (TPSA) is 99.3 Å². The van der Waals surface area contributed by atoms with Crippen LogP contribution in [0.15, 0.2) is 35.6 Å². The number of carbonyl (C=O) groups is 2. The third kappa shape index (κ3) is 3.34. The minimum absolute atomic E-state index is 0.0995. The van der Waals surface area contributed by atoms with Crippen molar-refractivity contribution in [3.8, 4) is 0 Å². The van der Waals surface area contributed by atoms with Gasteiger partial charge in [0, 0.05) is 56.0 Å². The number of pyridine rings is 1. The highest BCUT2D eigenvalue weighted by Crippen LogP contribution is 2.29. The molecular formula is C19H21N5O3. The highest BCUT2D eigenvalue weighted by atomic mass is 16.2. The maximum absolute atomic E-state index is 13.0. The number of hydrogen-bond donors (Lipinski definition) is 1. The van der Waals surface area contributed by atoms with Crippen LogP contribution < -0.4 is 5.43 Å². The number of nitrogens with one attached hydrogen (secondary N) is 1. The molecule has 3 fully saturated rings. The van der Waals surface area contributed by atoms with Gasteiger partial charge >= 0.3 is 0 Å². The molecule has 0 aromatic carbocycles. The van der Waals surface area contributed by atoms with Crippen molar-refractivity contribution in [2.75, 3.05) is 19.6 Å². The molecule has 3 aliphatic heterocycles. The molecule has 0 saturated carbocycles. The highest BCUT2D eigenvalue weighted by molar-refractivity contribution is 5.95. The van der Waals surface area contributed by atoms with E-state index < -0.39 is 0 Å². The molecule has 1 N–H and O–H groups in total. The molecule has 2 aromatic heterocycles. The first kappa shape index (κ1) is 17.4. The van der Waals surface area contributed by atoms with Gasteiger partial charge in [-0.05, 0) is 25.7 Å². The normalized spacial score (nSPS) is 21.8. The van der Waals surface area contributed by atoms with Crippen molar-refractivity contribution in [1.29, 1.82) is 0 Å². The van der Waals surface area contributed by atoms with Crippen LogP contribution in [0.5, 0.6) is 0 Å². The Kier molecular flexibility index (Phi) is 4.47. The van der Waals surface area contributed by atoms with Gasteiger partial charge < -0.3 is 14.8 Å². The third-order valence-corrected chi connectivity index (χ3v) is 5.33. The molecular weight excluding hydrogens is 346 g/mol. The molecule has 2 aromatic rings. The van der Waals surface area contributed by atoms with Crippen molar-refractivity contribution in [1.82, 2.24) is 24.8 Å². The van der Waals surface area contributed by atoms with Crippen LogP contribution in [0.2, 0.25) is 0 Å². The van der Waals surface area contributed by atoms with Crippen LogP contribution in [-0.2, 0) is 0 Å². The van der Waals surface area contributed by atoms with Crippen molar-refractivity contribution >= 4 is 11.8 Å². The summed E-state index contributed by atoms with van der Waals surface area (Å²) in [5, 5.41) is 0. The molecule has 0 aliphatic carbocycles. The lowest BCUT2D eigenvalue weighted by molar-refractivity contribution is 0.0572. The van der Waals surface area contributed by atoms with E-state index in [0.29, 0.717) is 25.3 Å². The molecule has 2 bridgehead atoms. The zero-order valence-corrected chi connectivity index (χ0v) is 15.1. The van der Waals surface area contributed by atoms with E-state index in [4.69, 9.17) is 0 Å².